The van der Waals surface area contributed by atoms with Gasteiger partial charge in [0.1, 0.15) is 6.61 Å². The standard InChI is InChI=1S/C9H9BrClNO2/c1-14-5-9(13)12-8-3-2-6(11)4-7(8)10/h2-4H,5H2,1H3,(H,12,13). The fraction of sp³-hybridized carbons (Fsp3) is 0.222. The van der Waals surface area contributed by atoms with Crippen molar-refractivity contribution in [2.75, 3.05) is 19.0 Å². The zero-order valence-corrected chi connectivity index (χ0v) is 9.85. The number of benzene rings is 1. The van der Waals surface area contributed by atoms with Crippen molar-refractivity contribution in [1.29, 1.82) is 0 Å². The molecular weight excluding hydrogens is 269 g/mol. The Morgan fingerprint density at radius 1 is 1.64 bits per heavy atom. The Bertz CT molecular complexity index is 344. The molecule has 0 aliphatic rings. The van der Waals surface area contributed by atoms with E-state index in [2.05, 4.69) is 26.0 Å². The monoisotopic (exact) mass is 277 g/mol. The van der Waals surface area contributed by atoms with E-state index >= 15 is 0 Å². The quantitative estimate of drug-likeness (QED) is 0.923. The minimum atomic E-state index is -0.199. The van der Waals surface area contributed by atoms with Crippen LogP contribution in [0, 0.1) is 0 Å². The molecule has 1 aromatic rings. The zero-order valence-electron chi connectivity index (χ0n) is 7.51. The number of anilines is 1. The Labute approximate surface area is 95.5 Å². The number of halogens is 2. The topological polar surface area (TPSA) is 38.3 Å². The van der Waals surface area contributed by atoms with Crippen LogP contribution in [0.3, 0.4) is 0 Å². The van der Waals surface area contributed by atoms with E-state index in [1.54, 1.807) is 18.2 Å². The van der Waals surface area contributed by atoms with Gasteiger partial charge in [0.25, 0.3) is 0 Å². The molecule has 0 heterocycles. The van der Waals surface area contributed by atoms with Crippen LogP contribution in [0.5, 0.6) is 0 Å². The molecule has 1 aromatic carbocycles. The zero-order chi connectivity index (χ0) is 10.6. The fourth-order valence-corrected chi connectivity index (χ4v) is 1.69. The number of carbonyl (C=O) groups excluding carboxylic acids is 1. The summed E-state index contributed by atoms with van der Waals surface area (Å²) in [7, 11) is 1.47. The summed E-state index contributed by atoms with van der Waals surface area (Å²) in [6.45, 7) is 0.0368. The Hall–Kier alpha value is -0.580. The maximum Gasteiger partial charge on any atom is 0.250 e. The molecule has 0 saturated carbocycles. The molecule has 0 spiro atoms. The molecule has 1 rings (SSSR count). The highest BCUT2D eigenvalue weighted by molar-refractivity contribution is 9.10. The average molecular weight is 279 g/mol. The second kappa shape index (κ2) is 5.34. The molecular formula is C9H9BrClNO2. The first-order chi connectivity index (χ1) is 6.63. The van der Waals surface area contributed by atoms with Crippen molar-refractivity contribution in [2.45, 2.75) is 0 Å². The Kier molecular flexibility index (Phi) is 4.38. The third-order valence-electron chi connectivity index (χ3n) is 1.48. The van der Waals surface area contributed by atoms with Crippen LogP contribution in [-0.2, 0) is 9.53 Å². The SMILES string of the molecule is COCC(=O)Nc1ccc(Cl)cc1Br. The summed E-state index contributed by atoms with van der Waals surface area (Å²) in [6, 6.07) is 5.14. The van der Waals surface area contributed by atoms with Gasteiger partial charge in [0.15, 0.2) is 0 Å². The maximum atomic E-state index is 11.2. The van der Waals surface area contributed by atoms with Gasteiger partial charge in [0.2, 0.25) is 5.91 Å². The number of nitrogens with one attached hydrogen (secondary N) is 1. The van der Waals surface area contributed by atoms with Gasteiger partial charge < -0.3 is 10.1 Å². The highest BCUT2D eigenvalue weighted by Gasteiger charge is 2.04. The van der Waals surface area contributed by atoms with Gasteiger partial charge in [-0.2, -0.15) is 0 Å². The number of methoxy groups -OCH3 is 1. The smallest absolute Gasteiger partial charge is 0.250 e. The first-order valence-electron chi connectivity index (χ1n) is 3.87. The lowest BCUT2D eigenvalue weighted by Crippen LogP contribution is -2.17. The van der Waals surface area contributed by atoms with E-state index in [1.165, 1.54) is 7.11 Å². The minimum Gasteiger partial charge on any atom is -0.375 e. The summed E-state index contributed by atoms with van der Waals surface area (Å²) in [5.74, 6) is -0.199. The molecule has 0 saturated heterocycles. The molecule has 0 unspecified atom stereocenters. The summed E-state index contributed by atoms with van der Waals surface area (Å²) in [6.07, 6.45) is 0. The molecule has 0 aliphatic carbocycles. The molecule has 14 heavy (non-hydrogen) atoms. The summed E-state index contributed by atoms with van der Waals surface area (Å²) < 4.78 is 5.43. The Morgan fingerprint density at radius 3 is 2.93 bits per heavy atom. The average Bonchev–Trinajstić information content (AvgIpc) is 2.10. The molecule has 0 fully saturated rings. The van der Waals surface area contributed by atoms with Gasteiger partial charge in [-0.15, -0.1) is 0 Å². The van der Waals surface area contributed by atoms with Crippen molar-refractivity contribution in [2.24, 2.45) is 0 Å². The van der Waals surface area contributed by atoms with E-state index in [0.717, 1.165) is 4.47 Å². The highest BCUT2D eigenvalue weighted by atomic mass is 79.9. The van der Waals surface area contributed by atoms with E-state index in [0.29, 0.717) is 10.7 Å². The molecule has 1 N–H and O–H groups in total. The first-order valence-corrected chi connectivity index (χ1v) is 5.04. The largest absolute Gasteiger partial charge is 0.375 e. The van der Waals surface area contributed by atoms with E-state index < -0.39 is 0 Å². The predicted octanol–water partition coefficient (Wildman–Crippen LogP) is 2.69. The van der Waals surface area contributed by atoms with Crippen molar-refractivity contribution in [3.63, 3.8) is 0 Å². The summed E-state index contributed by atoms with van der Waals surface area (Å²) in [4.78, 5) is 11.2. The third-order valence-corrected chi connectivity index (χ3v) is 2.37. The molecule has 0 atom stereocenters. The van der Waals surface area contributed by atoms with Gasteiger partial charge in [-0.25, -0.2) is 0 Å². The van der Waals surface area contributed by atoms with Crippen molar-refractivity contribution in [3.05, 3.63) is 27.7 Å². The molecule has 76 valence electrons. The maximum absolute atomic E-state index is 11.2. The van der Waals surface area contributed by atoms with Crippen LogP contribution in [0.25, 0.3) is 0 Å². The molecule has 1 amide bonds. The van der Waals surface area contributed by atoms with Crippen LogP contribution in [0.2, 0.25) is 5.02 Å². The molecule has 3 nitrogen and oxygen atoms in total. The summed E-state index contributed by atoms with van der Waals surface area (Å²) >= 11 is 9.03. The number of hydrogen-bond donors (Lipinski definition) is 1. The molecule has 5 heteroatoms. The Morgan fingerprint density at radius 2 is 2.36 bits per heavy atom. The van der Waals surface area contributed by atoms with Crippen molar-refractivity contribution in [1.82, 2.24) is 0 Å². The van der Waals surface area contributed by atoms with Gasteiger partial charge in [-0.1, -0.05) is 11.6 Å². The fourth-order valence-electron chi connectivity index (χ4n) is 0.908. The number of amides is 1. The minimum absolute atomic E-state index is 0.0368. The highest BCUT2D eigenvalue weighted by Crippen LogP contribution is 2.25. The van der Waals surface area contributed by atoms with Crippen LogP contribution in [0.15, 0.2) is 22.7 Å². The number of hydrogen-bond acceptors (Lipinski definition) is 2. The number of carbonyl (C=O) groups is 1. The normalized spacial score (nSPS) is 9.93. The number of rotatable bonds is 3. The van der Waals surface area contributed by atoms with E-state index in [1.807, 2.05) is 0 Å². The number of ether oxygens (including phenoxy) is 1. The van der Waals surface area contributed by atoms with Gasteiger partial charge in [0.05, 0.1) is 5.69 Å². The lowest BCUT2D eigenvalue weighted by molar-refractivity contribution is -0.119. The first kappa shape index (κ1) is 11.5. The van der Waals surface area contributed by atoms with Gasteiger partial charge in [-0.3, -0.25) is 4.79 Å². The molecule has 0 aliphatic heterocycles. The summed E-state index contributed by atoms with van der Waals surface area (Å²) in [5, 5.41) is 3.28. The molecule has 0 bridgehead atoms. The van der Waals surface area contributed by atoms with E-state index in [4.69, 9.17) is 11.6 Å². The predicted molar refractivity (Wildman–Crippen MR) is 59.7 cm³/mol. The van der Waals surface area contributed by atoms with Crippen LogP contribution >= 0.6 is 27.5 Å². The van der Waals surface area contributed by atoms with Crippen molar-refractivity contribution in [3.8, 4) is 0 Å². The van der Waals surface area contributed by atoms with E-state index in [9.17, 15) is 4.79 Å². The van der Waals surface area contributed by atoms with Crippen LogP contribution in [0.4, 0.5) is 5.69 Å². The van der Waals surface area contributed by atoms with Crippen LogP contribution in [0.1, 0.15) is 0 Å². The lowest BCUT2D eigenvalue weighted by Gasteiger charge is -2.06. The van der Waals surface area contributed by atoms with Gasteiger partial charge in [0, 0.05) is 16.6 Å². The van der Waals surface area contributed by atoms with Gasteiger partial charge in [-0.05, 0) is 34.1 Å². The van der Waals surface area contributed by atoms with Crippen molar-refractivity contribution < 1.29 is 9.53 Å². The molecule has 0 radical (unpaired) electrons. The van der Waals surface area contributed by atoms with Gasteiger partial charge >= 0.3 is 0 Å². The Balaban J connectivity index is 2.72. The molecule has 0 aromatic heterocycles. The third kappa shape index (κ3) is 3.29. The van der Waals surface area contributed by atoms with E-state index in [-0.39, 0.29) is 12.5 Å². The summed E-state index contributed by atoms with van der Waals surface area (Å²) in [5.41, 5.74) is 0.677. The second-order valence-electron chi connectivity index (χ2n) is 2.61. The second-order valence-corrected chi connectivity index (χ2v) is 3.90. The van der Waals surface area contributed by atoms with Crippen LogP contribution in [-0.4, -0.2) is 19.6 Å². The van der Waals surface area contributed by atoms with Crippen molar-refractivity contribution >= 4 is 39.1 Å². The van der Waals surface area contributed by atoms with Crippen LogP contribution < -0.4 is 5.32 Å². The lowest BCUT2D eigenvalue weighted by atomic mass is 10.3.